The molecule has 0 atom stereocenters. The van der Waals surface area contributed by atoms with Crippen molar-refractivity contribution in [1.29, 1.82) is 0 Å². The smallest absolute Gasteiger partial charge is 0.257 e. The number of rotatable bonds is 5. The van der Waals surface area contributed by atoms with Crippen molar-refractivity contribution in [3.05, 3.63) is 58.6 Å². The summed E-state index contributed by atoms with van der Waals surface area (Å²) in [6.45, 7) is 4.41. The monoisotopic (exact) mass is 373 g/mol. The van der Waals surface area contributed by atoms with Gasteiger partial charge in [-0.3, -0.25) is 10.1 Å². The molecule has 0 aliphatic rings. The van der Waals surface area contributed by atoms with Gasteiger partial charge in [-0.2, -0.15) is 0 Å². The predicted molar refractivity (Wildman–Crippen MR) is 101 cm³/mol. The SMILES string of the molecule is CCOc1ccc(C(=O)Nc2nnc(-c3ccc(C)cc3)s2)cc1Cl. The molecular weight excluding hydrogens is 358 g/mol. The van der Waals surface area contributed by atoms with E-state index in [4.69, 9.17) is 16.3 Å². The van der Waals surface area contributed by atoms with E-state index >= 15 is 0 Å². The maximum atomic E-state index is 12.4. The molecule has 0 aliphatic carbocycles. The van der Waals surface area contributed by atoms with Gasteiger partial charge < -0.3 is 4.74 Å². The highest BCUT2D eigenvalue weighted by molar-refractivity contribution is 7.18. The van der Waals surface area contributed by atoms with E-state index in [0.29, 0.717) is 28.1 Å². The number of nitrogens with one attached hydrogen (secondary N) is 1. The molecule has 0 unspecified atom stereocenters. The third-order valence-corrected chi connectivity index (χ3v) is 4.62. The first-order valence-corrected chi connectivity index (χ1v) is 8.90. The first-order valence-electron chi connectivity index (χ1n) is 7.71. The van der Waals surface area contributed by atoms with Crippen molar-refractivity contribution in [2.75, 3.05) is 11.9 Å². The zero-order valence-corrected chi connectivity index (χ0v) is 15.3. The Morgan fingerprint density at radius 3 is 2.64 bits per heavy atom. The van der Waals surface area contributed by atoms with Gasteiger partial charge in [0.2, 0.25) is 5.13 Å². The second kappa shape index (κ2) is 7.63. The Balaban J connectivity index is 1.73. The minimum Gasteiger partial charge on any atom is -0.492 e. The number of halogens is 1. The van der Waals surface area contributed by atoms with Crippen molar-refractivity contribution in [1.82, 2.24) is 10.2 Å². The summed E-state index contributed by atoms with van der Waals surface area (Å²) in [6.07, 6.45) is 0. The lowest BCUT2D eigenvalue weighted by molar-refractivity contribution is 0.102. The lowest BCUT2D eigenvalue weighted by atomic mass is 10.2. The molecular formula is C18H16ClN3O2S. The number of carbonyl (C=O) groups is 1. The number of aryl methyl sites for hydroxylation is 1. The second-order valence-electron chi connectivity index (χ2n) is 5.31. The minimum atomic E-state index is -0.295. The zero-order valence-electron chi connectivity index (χ0n) is 13.7. The van der Waals surface area contributed by atoms with Crippen LogP contribution in [0.2, 0.25) is 5.02 Å². The van der Waals surface area contributed by atoms with E-state index < -0.39 is 0 Å². The molecule has 1 N–H and O–H groups in total. The molecule has 7 heteroatoms. The number of anilines is 1. The highest BCUT2D eigenvalue weighted by Crippen LogP contribution is 2.28. The summed E-state index contributed by atoms with van der Waals surface area (Å²) >= 11 is 7.44. The normalized spacial score (nSPS) is 10.5. The van der Waals surface area contributed by atoms with Crippen LogP contribution in [0.25, 0.3) is 10.6 Å². The Morgan fingerprint density at radius 1 is 1.20 bits per heavy atom. The van der Waals surface area contributed by atoms with Crippen LogP contribution >= 0.6 is 22.9 Å². The summed E-state index contributed by atoms with van der Waals surface area (Å²) in [6, 6.07) is 12.9. The average molecular weight is 374 g/mol. The van der Waals surface area contributed by atoms with E-state index in [2.05, 4.69) is 15.5 Å². The van der Waals surface area contributed by atoms with Gasteiger partial charge in [-0.15, -0.1) is 10.2 Å². The maximum absolute atomic E-state index is 12.4. The molecule has 128 valence electrons. The van der Waals surface area contributed by atoms with Crippen molar-refractivity contribution in [3.8, 4) is 16.3 Å². The molecule has 1 heterocycles. The first-order chi connectivity index (χ1) is 12.1. The molecule has 5 nitrogen and oxygen atoms in total. The van der Waals surface area contributed by atoms with E-state index in [1.54, 1.807) is 18.2 Å². The highest BCUT2D eigenvalue weighted by atomic mass is 35.5. The van der Waals surface area contributed by atoms with Crippen LogP contribution in [0.15, 0.2) is 42.5 Å². The Morgan fingerprint density at radius 2 is 1.96 bits per heavy atom. The van der Waals surface area contributed by atoms with Crippen LogP contribution < -0.4 is 10.1 Å². The van der Waals surface area contributed by atoms with E-state index in [1.807, 2.05) is 38.1 Å². The lowest BCUT2D eigenvalue weighted by Crippen LogP contribution is -2.11. The Labute approximate surface area is 154 Å². The van der Waals surface area contributed by atoms with Crippen LogP contribution in [0.5, 0.6) is 5.75 Å². The molecule has 0 saturated carbocycles. The summed E-state index contributed by atoms with van der Waals surface area (Å²) in [5.41, 5.74) is 2.57. The summed E-state index contributed by atoms with van der Waals surface area (Å²) in [5, 5.41) is 12.5. The largest absolute Gasteiger partial charge is 0.492 e. The van der Waals surface area contributed by atoms with Gasteiger partial charge in [0.05, 0.1) is 11.6 Å². The first kappa shape index (κ1) is 17.4. The third-order valence-electron chi connectivity index (χ3n) is 3.44. The van der Waals surface area contributed by atoms with E-state index in [1.165, 1.54) is 16.9 Å². The number of benzene rings is 2. The summed E-state index contributed by atoms with van der Waals surface area (Å²) in [7, 11) is 0. The van der Waals surface area contributed by atoms with Gasteiger partial charge in [0.1, 0.15) is 10.8 Å². The van der Waals surface area contributed by atoms with Crippen molar-refractivity contribution < 1.29 is 9.53 Å². The molecule has 0 saturated heterocycles. The van der Waals surface area contributed by atoms with Crippen molar-refractivity contribution in [2.45, 2.75) is 13.8 Å². The molecule has 0 radical (unpaired) electrons. The van der Waals surface area contributed by atoms with Crippen LogP contribution in [-0.2, 0) is 0 Å². The number of hydrogen-bond donors (Lipinski definition) is 1. The molecule has 1 aromatic heterocycles. The lowest BCUT2D eigenvalue weighted by Gasteiger charge is -2.07. The van der Waals surface area contributed by atoms with Gasteiger partial charge in [-0.05, 0) is 32.0 Å². The predicted octanol–water partition coefficient (Wildman–Crippen LogP) is 4.82. The van der Waals surface area contributed by atoms with Crippen LogP contribution in [0.1, 0.15) is 22.8 Å². The van der Waals surface area contributed by atoms with E-state index in [9.17, 15) is 4.79 Å². The summed E-state index contributed by atoms with van der Waals surface area (Å²) in [5.74, 6) is 0.259. The molecule has 1 amide bonds. The van der Waals surface area contributed by atoms with Gasteiger partial charge in [0.25, 0.3) is 5.91 Å². The number of ether oxygens (including phenoxy) is 1. The Kier molecular flexibility index (Phi) is 5.31. The van der Waals surface area contributed by atoms with Crippen molar-refractivity contribution >= 4 is 34.0 Å². The second-order valence-corrected chi connectivity index (χ2v) is 6.70. The molecule has 3 aromatic rings. The minimum absolute atomic E-state index is 0.295. The Bertz CT molecular complexity index is 894. The summed E-state index contributed by atoms with van der Waals surface area (Å²) < 4.78 is 5.37. The maximum Gasteiger partial charge on any atom is 0.257 e. The third kappa shape index (κ3) is 4.15. The number of amides is 1. The molecule has 3 rings (SSSR count). The van der Waals surface area contributed by atoms with E-state index in [-0.39, 0.29) is 5.91 Å². The van der Waals surface area contributed by atoms with Gasteiger partial charge in [-0.25, -0.2) is 0 Å². The topological polar surface area (TPSA) is 64.1 Å². The van der Waals surface area contributed by atoms with Crippen LogP contribution in [0.4, 0.5) is 5.13 Å². The molecule has 25 heavy (non-hydrogen) atoms. The quantitative estimate of drug-likeness (QED) is 0.696. The highest BCUT2D eigenvalue weighted by Gasteiger charge is 2.13. The van der Waals surface area contributed by atoms with Gasteiger partial charge in [0, 0.05) is 11.1 Å². The van der Waals surface area contributed by atoms with Crippen molar-refractivity contribution in [3.63, 3.8) is 0 Å². The fourth-order valence-corrected chi connectivity index (χ4v) is 3.15. The van der Waals surface area contributed by atoms with Crippen LogP contribution in [0, 0.1) is 6.92 Å². The fraction of sp³-hybridized carbons (Fsp3) is 0.167. The van der Waals surface area contributed by atoms with Crippen LogP contribution in [-0.4, -0.2) is 22.7 Å². The zero-order chi connectivity index (χ0) is 17.8. The Hall–Kier alpha value is -2.44. The van der Waals surface area contributed by atoms with Gasteiger partial charge >= 0.3 is 0 Å². The van der Waals surface area contributed by atoms with Crippen molar-refractivity contribution in [2.24, 2.45) is 0 Å². The fourth-order valence-electron chi connectivity index (χ4n) is 2.17. The molecule has 0 aliphatic heterocycles. The van der Waals surface area contributed by atoms with E-state index in [0.717, 1.165) is 10.6 Å². The number of aromatic nitrogens is 2. The van der Waals surface area contributed by atoms with Gasteiger partial charge in [0.15, 0.2) is 0 Å². The molecule has 2 aromatic carbocycles. The number of nitrogens with zero attached hydrogens (tertiary/aromatic N) is 2. The molecule has 0 bridgehead atoms. The van der Waals surface area contributed by atoms with Gasteiger partial charge in [-0.1, -0.05) is 52.8 Å². The number of carbonyl (C=O) groups excluding carboxylic acids is 1. The standard InChI is InChI=1S/C18H16ClN3O2S/c1-3-24-15-9-8-13(10-14(15)19)16(23)20-18-22-21-17(25-18)12-6-4-11(2)5-7-12/h4-10H,3H2,1-2H3,(H,20,22,23). The average Bonchev–Trinajstić information content (AvgIpc) is 3.06. The number of hydrogen-bond acceptors (Lipinski definition) is 5. The molecule has 0 fully saturated rings. The summed E-state index contributed by atoms with van der Waals surface area (Å²) in [4.78, 5) is 12.4. The molecule has 0 spiro atoms. The van der Waals surface area contributed by atoms with Crippen LogP contribution in [0.3, 0.4) is 0 Å².